The first kappa shape index (κ1) is 33.6. The minimum absolute atomic E-state index is 0.0873. The molecule has 0 spiro atoms. The fraction of sp³-hybridized carbons (Fsp3) is 0.875. The Morgan fingerprint density at radius 2 is 0.944 bits per heavy atom. The smallest absolute Gasteiger partial charge is 0.341 e. The summed E-state index contributed by atoms with van der Waals surface area (Å²) < 4.78 is 46.4. The third-order valence-electron chi connectivity index (χ3n) is 6.06. The SMILES string of the molecule is CC(=O)N(CC1CCCC(CN(CC(P(=O)(O)O)P(=O)(O)O)C(C)=O)C1)CC(P(=O)(O)O)P(=O)(O)O. The highest BCUT2D eigenvalue weighted by molar-refractivity contribution is 7.71. The van der Waals surface area contributed by atoms with Crippen LogP contribution in [0.1, 0.15) is 39.5 Å². The van der Waals surface area contributed by atoms with Gasteiger partial charge in [-0.2, -0.15) is 0 Å². The molecular formula is C16H34N2O14P4. The predicted octanol–water partition coefficient (Wildman–Crippen LogP) is -0.147. The average Bonchev–Trinajstić information content (AvgIpc) is 2.64. The number of rotatable bonds is 12. The molecule has 0 aromatic rings. The lowest BCUT2D eigenvalue weighted by molar-refractivity contribution is -0.129. The molecule has 1 rings (SSSR count). The molecule has 0 bridgehead atoms. The van der Waals surface area contributed by atoms with Crippen LogP contribution in [0.3, 0.4) is 0 Å². The summed E-state index contributed by atoms with van der Waals surface area (Å²) in [5, 5.41) is -4.78. The van der Waals surface area contributed by atoms with Gasteiger partial charge in [0, 0.05) is 40.0 Å². The van der Waals surface area contributed by atoms with Crippen LogP contribution in [0.25, 0.3) is 0 Å². The maximum Gasteiger partial charge on any atom is 0.342 e. The zero-order valence-electron chi connectivity index (χ0n) is 19.7. The van der Waals surface area contributed by atoms with E-state index in [4.69, 9.17) is 0 Å². The molecule has 1 fully saturated rings. The van der Waals surface area contributed by atoms with Crippen LogP contribution in [0.2, 0.25) is 0 Å². The third kappa shape index (κ3) is 10.7. The number of nitrogens with zero attached hydrogens (tertiary/aromatic N) is 2. The van der Waals surface area contributed by atoms with E-state index in [2.05, 4.69) is 0 Å². The fourth-order valence-corrected chi connectivity index (χ4v) is 9.01. The lowest BCUT2D eigenvalue weighted by Gasteiger charge is -2.37. The lowest BCUT2D eigenvalue weighted by atomic mass is 9.81. The van der Waals surface area contributed by atoms with Crippen molar-refractivity contribution in [2.45, 2.75) is 50.3 Å². The quantitative estimate of drug-likeness (QED) is 0.135. The van der Waals surface area contributed by atoms with Crippen LogP contribution in [0.15, 0.2) is 0 Å². The van der Waals surface area contributed by atoms with Crippen molar-refractivity contribution >= 4 is 42.2 Å². The van der Waals surface area contributed by atoms with Gasteiger partial charge in [-0.15, -0.1) is 0 Å². The molecule has 8 N–H and O–H groups in total. The molecule has 1 saturated carbocycles. The van der Waals surface area contributed by atoms with Gasteiger partial charge in [0.05, 0.1) is 0 Å². The second-order valence-electron chi connectivity index (χ2n) is 9.06. The summed E-state index contributed by atoms with van der Waals surface area (Å²) in [4.78, 5) is 101. The van der Waals surface area contributed by atoms with Crippen molar-refractivity contribution in [1.82, 2.24) is 9.80 Å². The number of carbonyl (C=O) groups excluding carboxylic acids is 2. The topological polar surface area (TPSA) is 271 Å². The van der Waals surface area contributed by atoms with E-state index in [0.717, 1.165) is 23.6 Å². The molecule has 0 radical (unpaired) electrons. The molecule has 0 aromatic carbocycles. The number of amides is 2. The highest BCUT2D eigenvalue weighted by Gasteiger charge is 2.46. The second kappa shape index (κ2) is 12.6. The largest absolute Gasteiger partial charge is 0.342 e. The first-order valence-corrected chi connectivity index (χ1v) is 17.5. The van der Waals surface area contributed by atoms with Crippen LogP contribution >= 0.6 is 30.4 Å². The van der Waals surface area contributed by atoms with Gasteiger partial charge in [0.15, 0.2) is 10.8 Å². The van der Waals surface area contributed by atoms with Crippen molar-refractivity contribution in [2.24, 2.45) is 11.8 Å². The molecule has 212 valence electrons. The van der Waals surface area contributed by atoms with Crippen LogP contribution in [0, 0.1) is 11.8 Å². The minimum atomic E-state index is -5.26. The van der Waals surface area contributed by atoms with E-state index < -0.39 is 66.1 Å². The summed E-state index contributed by atoms with van der Waals surface area (Å²) in [7, 11) is -21.0. The van der Waals surface area contributed by atoms with Gasteiger partial charge in [-0.05, 0) is 31.1 Å². The molecule has 0 saturated heterocycles. The van der Waals surface area contributed by atoms with E-state index in [0.29, 0.717) is 25.7 Å². The highest BCUT2D eigenvalue weighted by atomic mass is 31.2. The van der Waals surface area contributed by atoms with E-state index in [1.54, 1.807) is 0 Å². The Balaban J connectivity index is 3.00. The summed E-state index contributed by atoms with van der Waals surface area (Å²) in [5.41, 5.74) is 0. The van der Waals surface area contributed by atoms with Crippen LogP contribution in [0.5, 0.6) is 0 Å². The Morgan fingerprint density at radius 1 is 0.667 bits per heavy atom. The van der Waals surface area contributed by atoms with Crippen molar-refractivity contribution in [3.63, 3.8) is 0 Å². The van der Waals surface area contributed by atoms with Crippen molar-refractivity contribution in [3.8, 4) is 0 Å². The van der Waals surface area contributed by atoms with Gasteiger partial charge in [0.25, 0.3) is 0 Å². The van der Waals surface area contributed by atoms with Crippen LogP contribution < -0.4 is 0 Å². The molecule has 1 aliphatic rings. The maximum atomic E-state index is 12.1. The number of hydrogen-bond donors (Lipinski definition) is 8. The molecule has 2 atom stereocenters. The van der Waals surface area contributed by atoms with E-state index in [9.17, 15) is 67.0 Å². The summed E-state index contributed by atoms with van der Waals surface area (Å²) in [6, 6.07) is 0. The van der Waals surface area contributed by atoms with Gasteiger partial charge in [-0.1, -0.05) is 6.42 Å². The van der Waals surface area contributed by atoms with Crippen LogP contribution in [-0.4, -0.2) is 97.7 Å². The third-order valence-corrected chi connectivity index (χ3v) is 13.4. The minimum Gasteiger partial charge on any atom is -0.341 e. The van der Waals surface area contributed by atoms with E-state index in [1.165, 1.54) is 0 Å². The zero-order chi connectivity index (χ0) is 28.3. The molecule has 0 heterocycles. The average molecular weight is 602 g/mol. The van der Waals surface area contributed by atoms with Gasteiger partial charge in [0.2, 0.25) is 11.8 Å². The second-order valence-corrected chi connectivity index (χ2v) is 17.1. The molecule has 20 heteroatoms. The van der Waals surface area contributed by atoms with Crippen molar-refractivity contribution in [1.29, 1.82) is 0 Å². The van der Waals surface area contributed by atoms with Crippen molar-refractivity contribution < 1.29 is 67.0 Å². The number of hydrogen-bond acceptors (Lipinski definition) is 6. The zero-order valence-corrected chi connectivity index (χ0v) is 23.3. The van der Waals surface area contributed by atoms with E-state index >= 15 is 0 Å². The van der Waals surface area contributed by atoms with E-state index in [1.807, 2.05) is 0 Å². The monoisotopic (exact) mass is 602 g/mol. The molecule has 16 nitrogen and oxygen atoms in total. The Kier molecular flexibility index (Phi) is 11.7. The molecular weight excluding hydrogens is 568 g/mol. The van der Waals surface area contributed by atoms with Gasteiger partial charge < -0.3 is 48.9 Å². The van der Waals surface area contributed by atoms with Crippen molar-refractivity contribution in [3.05, 3.63) is 0 Å². The summed E-state index contributed by atoms with van der Waals surface area (Å²) >= 11 is 0. The van der Waals surface area contributed by atoms with E-state index in [-0.39, 0.29) is 24.9 Å². The standard InChI is InChI=1S/C16H34N2O14P4/c1-11(19)17(9-15(33(21,22)23)34(24,25)26)7-13-4-3-5-14(6-13)8-18(12(2)20)10-16(35(27,28)29)36(30,31)32/h13-16H,3-10H2,1-2H3,(H2,21,22,23)(H2,24,25,26)(H2,27,28,29)(H2,30,31,32). The highest BCUT2D eigenvalue weighted by Crippen LogP contribution is 2.61. The summed E-state index contributed by atoms with van der Waals surface area (Å²) in [5.74, 6) is -1.92. The Bertz CT molecular complexity index is 863. The van der Waals surface area contributed by atoms with Gasteiger partial charge in [-0.3, -0.25) is 27.8 Å². The predicted molar refractivity (Wildman–Crippen MR) is 126 cm³/mol. The fourth-order valence-electron chi connectivity index (χ4n) is 4.23. The lowest BCUT2D eigenvalue weighted by Crippen LogP contribution is -2.43. The molecule has 2 amide bonds. The maximum absolute atomic E-state index is 12.1. The van der Waals surface area contributed by atoms with Crippen LogP contribution in [0.4, 0.5) is 0 Å². The molecule has 0 aliphatic heterocycles. The first-order valence-electron chi connectivity index (χ1n) is 10.7. The summed E-state index contributed by atoms with van der Waals surface area (Å²) in [6.45, 7) is 0.233. The molecule has 0 aromatic heterocycles. The normalized spacial score (nSPS) is 20.0. The first-order chi connectivity index (χ1) is 16.0. The van der Waals surface area contributed by atoms with Gasteiger partial charge >= 0.3 is 30.4 Å². The van der Waals surface area contributed by atoms with Gasteiger partial charge in [-0.25, -0.2) is 0 Å². The Labute approximate surface area is 207 Å². The summed E-state index contributed by atoms with van der Waals surface area (Å²) in [6.07, 6.45) is 2.00. The molecule has 1 aliphatic carbocycles. The van der Waals surface area contributed by atoms with Crippen molar-refractivity contribution in [2.75, 3.05) is 26.2 Å². The molecule has 2 unspecified atom stereocenters. The van der Waals surface area contributed by atoms with Crippen LogP contribution in [-0.2, 0) is 27.8 Å². The Morgan fingerprint density at radius 3 is 1.17 bits per heavy atom. The number of carbonyl (C=O) groups is 2. The Hall–Kier alpha value is -0.460. The molecule has 36 heavy (non-hydrogen) atoms. The van der Waals surface area contributed by atoms with Gasteiger partial charge in [0.1, 0.15) is 0 Å².